The smallest absolute Gasteiger partial charge is 0.247 e. The summed E-state index contributed by atoms with van der Waals surface area (Å²) in [6.07, 6.45) is 5.42. The highest BCUT2D eigenvalue weighted by atomic mass is 32.2. The Bertz CT molecular complexity index is 1080. The second-order valence-electron chi connectivity index (χ2n) is 6.40. The van der Waals surface area contributed by atoms with Crippen LogP contribution in [0, 0.1) is 26.2 Å². The first-order chi connectivity index (χ1) is 13.9. The number of thiazole rings is 1. The van der Waals surface area contributed by atoms with Gasteiger partial charge in [0.1, 0.15) is 11.8 Å². The molecule has 2 amide bonds. The Labute approximate surface area is 176 Å². The Morgan fingerprint density at radius 3 is 2.83 bits per heavy atom. The molecule has 0 radical (unpaired) electrons. The topological polar surface area (TPSA) is 97.1 Å². The van der Waals surface area contributed by atoms with Crippen molar-refractivity contribution in [2.75, 3.05) is 5.32 Å². The van der Waals surface area contributed by atoms with Crippen LogP contribution in [0.1, 0.15) is 30.4 Å². The minimum absolute atomic E-state index is 0.122. The highest BCUT2D eigenvalue weighted by molar-refractivity contribution is 8.00. The number of carbonyl (C=O) groups excluding carboxylic acids is 2. The van der Waals surface area contributed by atoms with E-state index in [0.29, 0.717) is 5.69 Å². The first-order valence-corrected chi connectivity index (χ1v) is 10.6. The second-order valence-corrected chi connectivity index (χ2v) is 8.66. The van der Waals surface area contributed by atoms with Gasteiger partial charge in [0.05, 0.1) is 15.9 Å². The highest BCUT2D eigenvalue weighted by Crippen LogP contribution is 2.34. The van der Waals surface area contributed by atoms with Crippen LogP contribution in [-0.2, 0) is 15.3 Å². The fraction of sp³-hybridized carbons (Fsp3) is 0.300. The van der Waals surface area contributed by atoms with E-state index >= 15 is 0 Å². The molecule has 0 fully saturated rings. The number of thioether (sulfide) groups is 1. The van der Waals surface area contributed by atoms with E-state index in [1.807, 2.05) is 26.0 Å². The number of nitrogens with one attached hydrogen (secondary N) is 2. The number of carbonyl (C=O) groups is 2. The van der Waals surface area contributed by atoms with Crippen LogP contribution in [-0.4, -0.2) is 28.0 Å². The Balaban J connectivity index is 1.71. The molecule has 0 aliphatic rings. The summed E-state index contributed by atoms with van der Waals surface area (Å²) < 4.78 is 7.08. The third kappa shape index (κ3) is 5.16. The number of terminal acetylenes is 1. The third-order valence-corrected chi connectivity index (χ3v) is 6.36. The van der Waals surface area contributed by atoms with Crippen molar-refractivity contribution in [3.8, 4) is 12.3 Å². The first kappa shape index (κ1) is 20.9. The third-order valence-electron chi connectivity index (χ3n) is 4.17. The molecule has 150 valence electrons. The molecule has 1 atom stereocenters. The molecule has 7 nitrogen and oxygen atoms in total. The molecule has 0 saturated heterocycles. The molecule has 0 aliphatic carbocycles. The molecule has 9 heteroatoms. The second kappa shape index (κ2) is 9.11. The molecule has 3 aromatic rings. The lowest BCUT2D eigenvalue weighted by atomic mass is 10.2. The SMILES string of the molecule is C#CCC(NC(C)=O)C(=O)Nc1ccc2nc(SCc3c(C)noc3C)sc2c1. The molecule has 1 unspecified atom stereocenters. The lowest BCUT2D eigenvalue weighted by Gasteiger charge is -2.15. The Kier molecular flexibility index (Phi) is 6.56. The average Bonchev–Trinajstić information content (AvgIpc) is 3.21. The van der Waals surface area contributed by atoms with Crippen molar-refractivity contribution in [2.24, 2.45) is 0 Å². The predicted octanol–water partition coefficient (Wildman–Crippen LogP) is 3.66. The van der Waals surface area contributed by atoms with Crippen molar-refractivity contribution in [1.82, 2.24) is 15.5 Å². The van der Waals surface area contributed by atoms with E-state index in [0.717, 1.165) is 37.3 Å². The molecular formula is C20H20N4O3S2. The van der Waals surface area contributed by atoms with Gasteiger partial charge in [0.2, 0.25) is 11.8 Å². The largest absolute Gasteiger partial charge is 0.361 e. The fourth-order valence-electron chi connectivity index (χ4n) is 2.69. The number of benzene rings is 1. The van der Waals surface area contributed by atoms with E-state index in [9.17, 15) is 9.59 Å². The summed E-state index contributed by atoms with van der Waals surface area (Å²) in [5.74, 6) is 3.30. The van der Waals surface area contributed by atoms with Crippen LogP contribution in [0.4, 0.5) is 5.69 Å². The van der Waals surface area contributed by atoms with Crippen LogP contribution in [0.15, 0.2) is 27.1 Å². The van der Waals surface area contributed by atoms with Gasteiger partial charge in [-0.3, -0.25) is 9.59 Å². The van der Waals surface area contributed by atoms with Gasteiger partial charge >= 0.3 is 0 Å². The van der Waals surface area contributed by atoms with Crippen molar-refractivity contribution in [3.63, 3.8) is 0 Å². The maximum absolute atomic E-state index is 12.4. The zero-order chi connectivity index (χ0) is 21.0. The number of aryl methyl sites for hydroxylation is 2. The zero-order valence-corrected chi connectivity index (χ0v) is 17.9. The van der Waals surface area contributed by atoms with Gasteiger partial charge in [0.15, 0.2) is 4.34 Å². The minimum Gasteiger partial charge on any atom is -0.361 e. The van der Waals surface area contributed by atoms with Crippen LogP contribution in [0.3, 0.4) is 0 Å². The Hall–Kier alpha value is -2.83. The summed E-state index contributed by atoms with van der Waals surface area (Å²) in [7, 11) is 0. The van der Waals surface area contributed by atoms with Crippen molar-refractivity contribution in [2.45, 2.75) is 43.3 Å². The highest BCUT2D eigenvalue weighted by Gasteiger charge is 2.19. The van der Waals surface area contributed by atoms with Crippen molar-refractivity contribution < 1.29 is 14.1 Å². The molecule has 29 heavy (non-hydrogen) atoms. The molecule has 3 rings (SSSR count). The summed E-state index contributed by atoms with van der Waals surface area (Å²) in [6, 6.07) is 4.74. The first-order valence-electron chi connectivity index (χ1n) is 8.84. The number of amides is 2. The van der Waals surface area contributed by atoms with Gasteiger partial charge in [-0.2, -0.15) is 0 Å². The van der Waals surface area contributed by atoms with Gasteiger partial charge in [-0.05, 0) is 32.0 Å². The Morgan fingerprint density at radius 2 is 2.17 bits per heavy atom. The van der Waals surface area contributed by atoms with Gasteiger partial charge in [0.25, 0.3) is 0 Å². The minimum atomic E-state index is -0.768. The van der Waals surface area contributed by atoms with E-state index < -0.39 is 6.04 Å². The van der Waals surface area contributed by atoms with E-state index in [2.05, 4.69) is 26.7 Å². The maximum Gasteiger partial charge on any atom is 0.247 e. The molecule has 2 heterocycles. The van der Waals surface area contributed by atoms with Crippen molar-refractivity contribution in [1.29, 1.82) is 0 Å². The quantitative estimate of drug-likeness (QED) is 0.440. The maximum atomic E-state index is 12.4. The molecule has 0 bridgehead atoms. The normalized spacial score (nSPS) is 11.8. The van der Waals surface area contributed by atoms with Gasteiger partial charge in [-0.15, -0.1) is 23.7 Å². The van der Waals surface area contributed by atoms with Crippen LogP contribution in [0.2, 0.25) is 0 Å². The number of aromatic nitrogens is 2. The molecule has 0 spiro atoms. The lowest BCUT2D eigenvalue weighted by molar-refractivity contribution is -0.125. The lowest BCUT2D eigenvalue weighted by Crippen LogP contribution is -2.42. The van der Waals surface area contributed by atoms with Crippen LogP contribution in [0.5, 0.6) is 0 Å². The molecule has 0 aliphatic heterocycles. The average molecular weight is 429 g/mol. The number of hydrogen-bond acceptors (Lipinski definition) is 7. The van der Waals surface area contributed by atoms with Gasteiger partial charge in [0, 0.05) is 30.3 Å². The zero-order valence-electron chi connectivity index (χ0n) is 16.2. The number of rotatable bonds is 7. The van der Waals surface area contributed by atoms with Gasteiger partial charge in [-0.1, -0.05) is 16.9 Å². The van der Waals surface area contributed by atoms with Crippen LogP contribution >= 0.6 is 23.1 Å². The summed E-state index contributed by atoms with van der Waals surface area (Å²) >= 11 is 3.17. The molecule has 1 aromatic carbocycles. The predicted molar refractivity (Wildman–Crippen MR) is 115 cm³/mol. The van der Waals surface area contributed by atoms with Crippen LogP contribution < -0.4 is 10.6 Å². The number of hydrogen-bond donors (Lipinski definition) is 2. The molecule has 2 N–H and O–H groups in total. The van der Waals surface area contributed by atoms with Gasteiger partial charge < -0.3 is 15.2 Å². The standard InChI is InChI=1S/C20H20N4O3S2/c1-5-6-17(21-13(4)25)19(26)22-14-7-8-16-18(9-14)29-20(23-16)28-10-15-11(2)24-27-12(15)3/h1,7-9,17H,6,10H2,2-4H3,(H,21,25)(H,22,26). The summed E-state index contributed by atoms with van der Waals surface area (Å²) in [5, 5.41) is 9.34. The number of fused-ring (bicyclic) bond motifs is 1. The van der Waals surface area contributed by atoms with Gasteiger partial charge in [-0.25, -0.2) is 4.98 Å². The number of anilines is 1. The fourth-order valence-corrected chi connectivity index (χ4v) is 4.95. The van der Waals surface area contributed by atoms with E-state index in [-0.39, 0.29) is 18.2 Å². The molecule has 0 saturated carbocycles. The van der Waals surface area contributed by atoms with E-state index in [1.165, 1.54) is 6.92 Å². The number of nitrogens with zero attached hydrogens (tertiary/aromatic N) is 2. The summed E-state index contributed by atoms with van der Waals surface area (Å²) in [4.78, 5) is 28.3. The van der Waals surface area contributed by atoms with E-state index in [4.69, 9.17) is 10.9 Å². The van der Waals surface area contributed by atoms with Crippen molar-refractivity contribution >= 4 is 50.8 Å². The molecular weight excluding hydrogens is 408 g/mol. The van der Waals surface area contributed by atoms with Crippen LogP contribution in [0.25, 0.3) is 10.2 Å². The monoisotopic (exact) mass is 428 g/mol. The summed E-state index contributed by atoms with van der Waals surface area (Å²) in [6.45, 7) is 5.17. The molecule has 2 aromatic heterocycles. The van der Waals surface area contributed by atoms with E-state index in [1.54, 1.807) is 29.2 Å². The summed E-state index contributed by atoms with van der Waals surface area (Å²) in [5.41, 5.74) is 3.46. The van der Waals surface area contributed by atoms with Crippen molar-refractivity contribution in [3.05, 3.63) is 35.2 Å². The Morgan fingerprint density at radius 1 is 1.38 bits per heavy atom.